The Morgan fingerprint density at radius 2 is 1.50 bits per heavy atom. The van der Waals surface area contributed by atoms with Crippen molar-refractivity contribution in [1.82, 2.24) is 0 Å². The van der Waals surface area contributed by atoms with Gasteiger partial charge in [-0.1, -0.05) is 48.5 Å². The zero-order chi connectivity index (χ0) is 11.1. The third-order valence-electron chi connectivity index (χ3n) is 5.18. The van der Waals surface area contributed by atoms with Gasteiger partial charge in [0.2, 0.25) is 0 Å². The van der Waals surface area contributed by atoms with Gasteiger partial charge in [0.25, 0.3) is 0 Å². The monoisotopic (exact) mass is 196 g/mol. The maximum absolute atomic E-state index is 2.48. The van der Waals surface area contributed by atoms with E-state index in [1.165, 1.54) is 6.42 Å². The van der Waals surface area contributed by atoms with E-state index in [2.05, 4.69) is 48.5 Å². The molecule has 1 fully saturated rings. The zero-order valence-corrected chi connectivity index (χ0v) is 11.1. The standard InChI is InChI=1S/C14H28/c1-9(2)11(5)12(6)13-8-14(13,7)10(3)4/h9-13H,8H2,1-7H3. The van der Waals surface area contributed by atoms with Gasteiger partial charge >= 0.3 is 0 Å². The molecule has 14 heavy (non-hydrogen) atoms. The molecule has 4 unspecified atom stereocenters. The topological polar surface area (TPSA) is 0 Å². The van der Waals surface area contributed by atoms with E-state index in [1.54, 1.807) is 0 Å². The molecular formula is C14H28. The second-order valence-corrected chi connectivity index (χ2v) is 6.43. The summed E-state index contributed by atoms with van der Waals surface area (Å²) in [7, 11) is 0. The van der Waals surface area contributed by atoms with E-state index in [4.69, 9.17) is 0 Å². The van der Waals surface area contributed by atoms with Crippen LogP contribution in [0.1, 0.15) is 54.9 Å². The Hall–Kier alpha value is 0. The second-order valence-electron chi connectivity index (χ2n) is 6.43. The molecule has 0 heteroatoms. The fraction of sp³-hybridized carbons (Fsp3) is 1.00. The van der Waals surface area contributed by atoms with Crippen molar-refractivity contribution in [3.8, 4) is 0 Å². The summed E-state index contributed by atoms with van der Waals surface area (Å²) in [5.41, 5.74) is 0.655. The Labute approximate surface area is 90.5 Å². The van der Waals surface area contributed by atoms with Crippen molar-refractivity contribution in [2.24, 2.45) is 35.0 Å². The zero-order valence-electron chi connectivity index (χ0n) is 11.1. The van der Waals surface area contributed by atoms with Crippen LogP contribution in [0.15, 0.2) is 0 Å². The fourth-order valence-electron chi connectivity index (χ4n) is 2.84. The van der Waals surface area contributed by atoms with E-state index >= 15 is 0 Å². The summed E-state index contributed by atoms with van der Waals surface area (Å²) in [6.45, 7) is 16.8. The lowest BCUT2D eigenvalue weighted by atomic mass is 9.79. The van der Waals surface area contributed by atoms with Crippen molar-refractivity contribution in [3.05, 3.63) is 0 Å². The Bertz CT molecular complexity index is 192. The van der Waals surface area contributed by atoms with E-state index in [-0.39, 0.29) is 0 Å². The van der Waals surface area contributed by atoms with Crippen LogP contribution in [0.4, 0.5) is 0 Å². The van der Waals surface area contributed by atoms with Gasteiger partial charge in [-0.15, -0.1) is 0 Å². The van der Waals surface area contributed by atoms with E-state index in [1.807, 2.05) is 0 Å². The summed E-state index contributed by atoms with van der Waals surface area (Å²) in [4.78, 5) is 0. The summed E-state index contributed by atoms with van der Waals surface area (Å²) in [6, 6.07) is 0. The highest BCUT2D eigenvalue weighted by molar-refractivity contribution is 5.03. The van der Waals surface area contributed by atoms with E-state index in [0.29, 0.717) is 5.41 Å². The van der Waals surface area contributed by atoms with E-state index in [0.717, 1.165) is 29.6 Å². The first kappa shape index (κ1) is 12.1. The molecule has 0 aromatic rings. The number of hydrogen-bond donors (Lipinski definition) is 0. The van der Waals surface area contributed by atoms with Crippen molar-refractivity contribution >= 4 is 0 Å². The smallest absolute Gasteiger partial charge is 0.0269 e. The number of hydrogen-bond acceptors (Lipinski definition) is 0. The highest BCUT2D eigenvalue weighted by atomic mass is 14.6. The van der Waals surface area contributed by atoms with Gasteiger partial charge in [0.1, 0.15) is 0 Å². The van der Waals surface area contributed by atoms with Crippen LogP contribution in [0.5, 0.6) is 0 Å². The molecule has 4 atom stereocenters. The van der Waals surface area contributed by atoms with Gasteiger partial charge < -0.3 is 0 Å². The van der Waals surface area contributed by atoms with Crippen LogP contribution >= 0.6 is 0 Å². The van der Waals surface area contributed by atoms with Crippen LogP contribution in [0.25, 0.3) is 0 Å². The molecule has 84 valence electrons. The first-order valence-electron chi connectivity index (χ1n) is 6.30. The minimum atomic E-state index is 0.655. The van der Waals surface area contributed by atoms with Crippen LogP contribution in [-0.2, 0) is 0 Å². The van der Waals surface area contributed by atoms with Gasteiger partial charge in [-0.05, 0) is 41.4 Å². The van der Waals surface area contributed by atoms with Crippen LogP contribution in [0.2, 0.25) is 0 Å². The predicted octanol–water partition coefficient (Wildman–Crippen LogP) is 4.60. The van der Waals surface area contributed by atoms with Gasteiger partial charge in [-0.25, -0.2) is 0 Å². The minimum absolute atomic E-state index is 0.655. The molecule has 1 aliphatic rings. The lowest BCUT2D eigenvalue weighted by molar-refractivity contribution is 0.220. The van der Waals surface area contributed by atoms with E-state index < -0.39 is 0 Å². The Kier molecular flexibility index (Phi) is 3.33. The molecule has 1 rings (SSSR count). The summed E-state index contributed by atoms with van der Waals surface area (Å²) in [6.07, 6.45) is 1.46. The van der Waals surface area contributed by atoms with Crippen LogP contribution < -0.4 is 0 Å². The number of rotatable bonds is 4. The van der Waals surface area contributed by atoms with Crippen molar-refractivity contribution in [2.75, 3.05) is 0 Å². The maximum atomic E-state index is 2.48. The van der Waals surface area contributed by atoms with Gasteiger partial charge in [-0.3, -0.25) is 0 Å². The van der Waals surface area contributed by atoms with E-state index in [9.17, 15) is 0 Å². The largest absolute Gasteiger partial charge is 0.0625 e. The molecule has 0 radical (unpaired) electrons. The highest BCUT2D eigenvalue weighted by Gasteiger charge is 2.54. The van der Waals surface area contributed by atoms with Crippen LogP contribution in [0, 0.1) is 35.0 Å². The molecule has 1 saturated carbocycles. The lowest BCUT2D eigenvalue weighted by Gasteiger charge is -2.27. The van der Waals surface area contributed by atoms with Crippen molar-refractivity contribution < 1.29 is 0 Å². The molecular weight excluding hydrogens is 168 g/mol. The molecule has 0 aromatic carbocycles. The summed E-state index contributed by atoms with van der Waals surface area (Å²) >= 11 is 0. The van der Waals surface area contributed by atoms with Crippen molar-refractivity contribution in [3.63, 3.8) is 0 Å². The van der Waals surface area contributed by atoms with Crippen LogP contribution in [-0.4, -0.2) is 0 Å². The molecule has 0 N–H and O–H groups in total. The highest BCUT2D eigenvalue weighted by Crippen LogP contribution is 2.62. The molecule has 0 spiro atoms. The molecule has 0 aromatic heterocycles. The summed E-state index contributed by atoms with van der Waals surface area (Å²) in [5.74, 6) is 4.46. The molecule has 1 aliphatic carbocycles. The third-order valence-corrected chi connectivity index (χ3v) is 5.18. The van der Waals surface area contributed by atoms with Gasteiger partial charge in [0.05, 0.1) is 0 Å². The molecule has 0 nitrogen and oxygen atoms in total. The Morgan fingerprint density at radius 1 is 1.00 bits per heavy atom. The average molecular weight is 196 g/mol. The SMILES string of the molecule is CC(C)C(C)C(C)C1CC1(C)C(C)C. The minimum Gasteiger partial charge on any atom is -0.0625 e. The lowest BCUT2D eigenvalue weighted by Crippen LogP contribution is -2.20. The second kappa shape index (κ2) is 3.87. The van der Waals surface area contributed by atoms with Gasteiger partial charge in [-0.2, -0.15) is 0 Å². The quantitative estimate of drug-likeness (QED) is 0.616. The molecule has 0 aliphatic heterocycles. The fourth-order valence-corrected chi connectivity index (χ4v) is 2.84. The molecule has 0 heterocycles. The first-order chi connectivity index (χ1) is 6.30. The third kappa shape index (κ3) is 1.99. The first-order valence-corrected chi connectivity index (χ1v) is 6.30. The Balaban J connectivity index is 2.54. The normalized spacial score (nSPS) is 36.2. The molecule has 0 amide bonds. The Morgan fingerprint density at radius 3 is 1.79 bits per heavy atom. The summed E-state index contributed by atoms with van der Waals surface area (Å²) < 4.78 is 0. The predicted molar refractivity (Wildman–Crippen MR) is 64.2 cm³/mol. The maximum Gasteiger partial charge on any atom is -0.0269 e. The van der Waals surface area contributed by atoms with Crippen molar-refractivity contribution in [1.29, 1.82) is 0 Å². The van der Waals surface area contributed by atoms with Crippen molar-refractivity contribution in [2.45, 2.75) is 54.9 Å². The van der Waals surface area contributed by atoms with Gasteiger partial charge in [0, 0.05) is 0 Å². The van der Waals surface area contributed by atoms with Gasteiger partial charge in [0.15, 0.2) is 0 Å². The molecule has 0 saturated heterocycles. The molecule has 0 bridgehead atoms. The summed E-state index contributed by atoms with van der Waals surface area (Å²) in [5, 5.41) is 0. The van der Waals surface area contributed by atoms with Crippen LogP contribution in [0.3, 0.4) is 0 Å². The average Bonchev–Trinajstić information content (AvgIpc) is 2.77.